The smallest absolute Gasteiger partial charge is 0.0538 e. The van der Waals surface area contributed by atoms with Gasteiger partial charge >= 0.3 is 0 Å². The molecule has 17 heavy (non-hydrogen) atoms. The fourth-order valence-electron chi connectivity index (χ4n) is 3.27. The molecule has 0 heterocycles. The highest BCUT2D eigenvalue weighted by atomic mass is 28.3. The van der Waals surface area contributed by atoms with Crippen LogP contribution in [0, 0.1) is 5.92 Å². The Bertz CT molecular complexity index is 162. The molecule has 0 aromatic rings. The van der Waals surface area contributed by atoms with E-state index in [-0.39, 0.29) is 0 Å². The topological polar surface area (TPSA) is 0 Å². The summed E-state index contributed by atoms with van der Waals surface area (Å²) in [4.78, 5) is 0. The molecule has 0 bridgehead atoms. The van der Waals surface area contributed by atoms with Gasteiger partial charge in [-0.25, -0.2) is 0 Å². The van der Waals surface area contributed by atoms with Gasteiger partial charge in [-0.2, -0.15) is 0 Å². The van der Waals surface area contributed by atoms with Gasteiger partial charge in [0.05, 0.1) is 8.07 Å². The van der Waals surface area contributed by atoms with E-state index in [1.807, 2.05) is 0 Å². The average Bonchev–Trinajstić information content (AvgIpc) is 3.15. The molecule has 0 amide bonds. The van der Waals surface area contributed by atoms with Crippen LogP contribution in [-0.2, 0) is 0 Å². The van der Waals surface area contributed by atoms with Gasteiger partial charge in [-0.3, -0.25) is 0 Å². The van der Waals surface area contributed by atoms with Crippen molar-refractivity contribution in [3.05, 3.63) is 0 Å². The first kappa shape index (κ1) is 15.3. The number of hydrogen-bond donors (Lipinski definition) is 0. The Morgan fingerprint density at radius 2 is 1.18 bits per heavy atom. The highest BCUT2D eigenvalue weighted by molar-refractivity contribution is 6.80. The van der Waals surface area contributed by atoms with Crippen LogP contribution in [0.3, 0.4) is 0 Å². The Labute approximate surface area is 111 Å². The molecule has 0 nitrogen and oxygen atoms in total. The third-order valence-electron chi connectivity index (χ3n) is 4.60. The molecule has 0 aliphatic heterocycles. The Balaban J connectivity index is 2.51. The molecule has 1 aliphatic carbocycles. The molecule has 0 spiro atoms. The van der Waals surface area contributed by atoms with Crippen LogP contribution in [0.5, 0.6) is 0 Å². The predicted octanol–water partition coefficient (Wildman–Crippen LogP) is 6.25. The lowest BCUT2D eigenvalue weighted by molar-refractivity contribution is 0.767. The summed E-state index contributed by atoms with van der Waals surface area (Å²) >= 11 is 0. The molecule has 1 heteroatoms. The second-order valence-corrected chi connectivity index (χ2v) is 11.4. The van der Waals surface area contributed by atoms with Gasteiger partial charge in [0.1, 0.15) is 0 Å². The van der Waals surface area contributed by atoms with Crippen LogP contribution in [0.4, 0.5) is 0 Å². The van der Waals surface area contributed by atoms with Gasteiger partial charge in [0, 0.05) is 0 Å². The zero-order chi connectivity index (χ0) is 12.6. The van der Waals surface area contributed by atoms with Gasteiger partial charge in [-0.05, 0) is 5.92 Å². The Kier molecular flexibility index (Phi) is 7.50. The Morgan fingerprint density at radius 3 is 1.47 bits per heavy atom. The third-order valence-corrected chi connectivity index (χ3v) is 10.3. The summed E-state index contributed by atoms with van der Waals surface area (Å²) in [6.07, 6.45) is 11.9. The van der Waals surface area contributed by atoms with E-state index in [4.69, 9.17) is 0 Å². The summed E-state index contributed by atoms with van der Waals surface area (Å²) in [5.74, 6) is 1.17. The van der Waals surface area contributed by atoms with Gasteiger partial charge in [-0.15, -0.1) is 0 Å². The van der Waals surface area contributed by atoms with Crippen LogP contribution < -0.4 is 0 Å². The molecule has 0 aromatic heterocycles. The molecule has 1 fully saturated rings. The van der Waals surface area contributed by atoms with Crippen LogP contribution in [0.25, 0.3) is 0 Å². The number of hydrogen-bond acceptors (Lipinski definition) is 0. The van der Waals surface area contributed by atoms with Crippen molar-refractivity contribution in [2.24, 2.45) is 5.92 Å². The lowest BCUT2D eigenvalue weighted by Crippen LogP contribution is -2.34. The maximum atomic E-state index is 2.37. The molecule has 1 aliphatic rings. The standard InChI is InChI=1S/C16H34Si/c1-4-7-12-17(13-8-5-2,14-9-6-3)15-16-10-11-16/h16H,4-15H2,1-3H3. The van der Waals surface area contributed by atoms with E-state index in [2.05, 4.69) is 20.8 Å². The highest BCUT2D eigenvalue weighted by Gasteiger charge is 2.37. The second-order valence-electron chi connectivity index (χ2n) is 6.46. The van der Waals surface area contributed by atoms with E-state index in [1.165, 1.54) is 44.4 Å². The van der Waals surface area contributed by atoms with Gasteiger partial charge in [0.2, 0.25) is 0 Å². The molecule has 0 atom stereocenters. The highest BCUT2D eigenvalue weighted by Crippen LogP contribution is 2.43. The van der Waals surface area contributed by atoms with Crippen molar-refractivity contribution in [2.75, 3.05) is 0 Å². The van der Waals surface area contributed by atoms with Crippen LogP contribution >= 0.6 is 0 Å². The monoisotopic (exact) mass is 254 g/mol. The van der Waals surface area contributed by atoms with Crippen molar-refractivity contribution in [1.82, 2.24) is 0 Å². The Hall–Kier alpha value is 0.217. The molecular formula is C16H34Si. The first-order valence-corrected chi connectivity index (χ1v) is 11.1. The summed E-state index contributed by atoms with van der Waals surface area (Å²) in [5, 5.41) is 0. The molecule has 0 aromatic carbocycles. The largest absolute Gasteiger partial charge is 0.0654 e. The predicted molar refractivity (Wildman–Crippen MR) is 82.4 cm³/mol. The van der Waals surface area contributed by atoms with Crippen molar-refractivity contribution in [2.45, 2.75) is 96.3 Å². The maximum Gasteiger partial charge on any atom is 0.0538 e. The zero-order valence-corrected chi connectivity index (χ0v) is 13.6. The molecular weight excluding hydrogens is 220 g/mol. The summed E-state index contributed by atoms with van der Waals surface area (Å²) in [5.41, 5.74) is 0. The summed E-state index contributed by atoms with van der Waals surface area (Å²) in [6, 6.07) is 6.66. The average molecular weight is 255 g/mol. The maximum absolute atomic E-state index is 2.37. The van der Waals surface area contributed by atoms with Crippen LogP contribution in [0.2, 0.25) is 24.2 Å². The molecule has 0 unspecified atom stereocenters. The van der Waals surface area contributed by atoms with Crippen molar-refractivity contribution in [3.8, 4) is 0 Å². The normalized spacial score (nSPS) is 16.4. The molecule has 0 N–H and O–H groups in total. The zero-order valence-electron chi connectivity index (χ0n) is 12.6. The van der Waals surface area contributed by atoms with E-state index in [0.717, 1.165) is 0 Å². The fourth-order valence-corrected chi connectivity index (χ4v) is 9.58. The SMILES string of the molecule is CCCC[Si](CCCC)(CCCC)CC1CC1. The van der Waals surface area contributed by atoms with E-state index >= 15 is 0 Å². The molecule has 1 rings (SSSR count). The van der Waals surface area contributed by atoms with Gasteiger partial charge < -0.3 is 0 Å². The van der Waals surface area contributed by atoms with E-state index in [9.17, 15) is 0 Å². The minimum Gasteiger partial charge on any atom is -0.0654 e. The summed E-state index contributed by atoms with van der Waals surface area (Å²) < 4.78 is 0. The molecule has 0 saturated heterocycles. The van der Waals surface area contributed by atoms with Crippen molar-refractivity contribution >= 4 is 8.07 Å². The lowest BCUT2D eigenvalue weighted by Gasteiger charge is -2.32. The fraction of sp³-hybridized carbons (Fsp3) is 1.00. The quantitative estimate of drug-likeness (QED) is 0.383. The first-order valence-electron chi connectivity index (χ1n) is 8.26. The van der Waals surface area contributed by atoms with Gasteiger partial charge in [0.25, 0.3) is 0 Å². The first-order chi connectivity index (χ1) is 8.26. The van der Waals surface area contributed by atoms with E-state index in [1.54, 1.807) is 37.0 Å². The lowest BCUT2D eigenvalue weighted by atomic mass is 10.4. The van der Waals surface area contributed by atoms with Gasteiger partial charge in [0.15, 0.2) is 0 Å². The number of unbranched alkanes of at least 4 members (excludes halogenated alkanes) is 3. The molecule has 102 valence electrons. The van der Waals surface area contributed by atoms with Crippen LogP contribution in [-0.4, -0.2) is 8.07 Å². The third kappa shape index (κ3) is 6.08. The molecule has 1 saturated carbocycles. The van der Waals surface area contributed by atoms with Crippen molar-refractivity contribution < 1.29 is 0 Å². The Morgan fingerprint density at radius 1 is 0.765 bits per heavy atom. The summed E-state index contributed by atoms with van der Waals surface area (Å²) in [7, 11) is -0.859. The van der Waals surface area contributed by atoms with Crippen LogP contribution in [0.15, 0.2) is 0 Å². The van der Waals surface area contributed by atoms with Crippen molar-refractivity contribution in [1.29, 1.82) is 0 Å². The second kappa shape index (κ2) is 8.34. The minimum absolute atomic E-state index is 0.859. The van der Waals surface area contributed by atoms with E-state index in [0.29, 0.717) is 0 Å². The molecule has 0 radical (unpaired) electrons. The minimum atomic E-state index is -0.859. The number of rotatable bonds is 11. The van der Waals surface area contributed by atoms with Crippen LogP contribution in [0.1, 0.15) is 72.1 Å². The van der Waals surface area contributed by atoms with Crippen molar-refractivity contribution in [3.63, 3.8) is 0 Å². The summed E-state index contributed by atoms with van der Waals surface area (Å²) in [6.45, 7) is 7.11. The van der Waals surface area contributed by atoms with Gasteiger partial charge in [-0.1, -0.05) is 96.3 Å². The van der Waals surface area contributed by atoms with E-state index < -0.39 is 8.07 Å².